The lowest BCUT2D eigenvalue weighted by molar-refractivity contribution is -0.131. The number of allylic oxidation sites excluding steroid dienone is 2. The van der Waals surface area contributed by atoms with E-state index in [2.05, 4.69) is 92.0 Å². The molecule has 4 fully saturated rings. The molecule has 4 aromatic heterocycles. The zero-order valence-corrected chi connectivity index (χ0v) is 53.2. The molecule has 6 aliphatic heterocycles. The number of hydrogen-bond donors (Lipinski definition) is 3. The van der Waals surface area contributed by atoms with Crippen molar-refractivity contribution in [1.82, 2.24) is 55.0 Å². The van der Waals surface area contributed by atoms with Gasteiger partial charge in [-0.2, -0.15) is 40.7 Å². The standard InChI is InChI=1S/C32H38F3N9O2.C29H36F2N8O.C4H5FO2/c1-20-13-26-25(15-37-40-26)29(21(20)2)42-10-7-24-27(17-42)38-31(46-18-23-14-32(34,35)19-41(23)3)39-30(24)43-11-12-44(22(16-43)6-9-36)28(45)5-4-8-33;1-18-11-24-23(13-33-36-24)26(19(18)2)38-10-7-22-25(15-38)34-28(40-16-21-12-29(30,31)17-37(21)3)35-27(22)39-9-4-5-20(14-39)6-8-32;5-3-1-2-4(6)7/h4-5,13,15,22-23H,6-8,10-12,14,16-19H2,1-3H3,(H,37,40);11,13,20-21H,4-7,9-10,12,14-17H2,1-3H3,(H,33,36);1-2H,3H2,(H,6,7)/b5-4+;;2-1+/t22-,23-;20-,21-;/m00./s1. The van der Waals surface area contributed by atoms with Gasteiger partial charge >= 0.3 is 18.0 Å². The van der Waals surface area contributed by atoms with Crippen LogP contribution < -0.4 is 29.1 Å². The van der Waals surface area contributed by atoms with Crippen LogP contribution in [0.15, 0.2) is 48.8 Å². The number of carboxylic acid groups (broad SMARTS) is 1. The minimum Gasteiger partial charge on any atom is -0.478 e. The van der Waals surface area contributed by atoms with Crippen molar-refractivity contribution >= 4 is 56.7 Å². The quantitative estimate of drug-likeness (QED) is 0.0605. The highest BCUT2D eigenvalue weighted by atomic mass is 19.3. The molecule has 0 unspecified atom stereocenters. The minimum atomic E-state index is -2.78. The van der Waals surface area contributed by atoms with Gasteiger partial charge in [-0.25, -0.2) is 31.1 Å². The molecule has 6 aliphatic rings. The monoisotopic (exact) mass is 1290 g/mol. The summed E-state index contributed by atoms with van der Waals surface area (Å²) < 4.78 is 92.0. The number of aromatic nitrogens is 8. The van der Waals surface area contributed by atoms with Gasteiger partial charge in [0.25, 0.3) is 11.8 Å². The number of nitrogens with zero attached hydrogens (tertiary/aromatic N) is 15. The van der Waals surface area contributed by atoms with Crippen molar-refractivity contribution in [3.63, 3.8) is 0 Å². The van der Waals surface area contributed by atoms with Crippen LogP contribution in [-0.4, -0.2) is 202 Å². The van der Waals surface area contributed by atoms with Crippen molar-refractivity contribution in [2.75, 3.05) is 119 Å². The number of piperidine rings is 1. The first-order chi connectivity index (χ1) is 44.6. The SMILES string of the molecule is Cc1cc2[nH]ncc2c(N2CCc3c(nc(OC[C@@H]4CC(F)(F)CN4C)nc3N3CCC[C@@H](CC#N)C3)C2)c1C.Cc1cc2[nH]ncc2c(N2CCc3c(nc(OC[C@@H]4CC(F)(F)CN4C)nc3N3CCN(C(=O)/C=C/CF)[C@@H](CC#N)C3)C2)c1C.O=C(O)/C=C/CF. The normalized spacial score (nSPS) is 21.3. The number of aryl methyl sites for hydroxylation is 2. The summed E-state index contributed by atoms with van der Waals surface area (Å²) in [6.07, 6.45) is 11.3. The van der Waals surface area contributed by atoms with E-state index >= 15 is 0 Å². The third-order valence-electron chi connectivity index (χ3n) is 18.5. The van der Waals surface area contributed by atoms with Crippen LogP contribution in [0.5, 0.6) is 12.0 Å². The van der Waals surface area contributed by atoms with Gasteiger partial charge in [-0.1, -0.05) is 0 Å². The number of carbonyl (C=O) groups is 2. The van der Waals surface area contributed by atoms with E-state index in [1.165, 1.54) is 23.3 Å². The molecule has 496 valence electrons. The molecule has 28 heteroatoms. The number of benzene rings is 2. The second-order valence-electron chi connectivity index (χ2n) is 25.0. The third kappa shape index (κ3) is 15.5. The van der Waals surface area contributed by atoms with Crippen LogP contribution in [0.3, 0.4) is 0 Å². The maximum Gasteiger partial charge on any atom is 0.328 e. The van der Waals surface area contributed by atoms with Gasteiger partial charge < -0.3 is 39.1 Å². The zero-order valence-electron chi connectivity index (χ0n) is 53.2. The number of amides is 1. The molecule has 12 rings (SSSR count). The molecular formula is C65H79F6N17O5. The second-order valence-corrected chi connectivity index (χ2v) is 25.0. The number of carbonyl (C=O) groups excluding carboxylic acids is 1. The van der Waals surface area contributed by atoms with E-state index in [0.29, 0.717) is 63.8 Å². The highest BCUT2D eigenvalue weighted by Gasteiger charge is 2.45. The highest BCUT2D eigenvalue weighted by molar-refractivity contribution is 5.95. The fraction of sp³-hybridized carbons (Fsp3) is 0.538. The summed E-state index contributed by atoms with van der Waals surface area (Å²) in [5.41, 5.74) is 12.6. The average molecular weight is 1290 g/mol. The van der Waals surface area contributed by atoms with Crippen molar-refractivity contribution in [2.24, 2.45) is 5.92 Å². The maximum absolute atomic E-state index is 14.1. The van der Waals surface area contributed by atoms with Crippen LogP contribution in [0.1, 0.15) is 83.3 Å². The Morgan fingerprint density at radius 3 is 1.61 bits per heavy atom. The number of fused-ring (bicyclic) bond motifs is 4. The fourth-order valence-electron chi connectivity index (χ4n) is 13.6. The second kappa shape index (κ2) is 29.0. The molecule has 4 saturated heterocycles. The van der Waals surface area contributed by atoms with Crippen molar-refractivity contribution in [1.29, 1.82) is 10.5 Å². The summed E-state index contributed by atoms with van der Waals surface area (Å²) in [7, 11) is 3.36. The fourth-order valence-corrected chi connectivity index (χ4v) is 13.6. The Morgan fingerprint density at radius 2 is 1.16 bits per heavy atom. The predicted octanol–water partition coefficient (Wildman–Crippen LogP) is 8.68. The summed E-state index contributed by atoms with van der Waals surface area (Å²) in [5, 5.41) is 43.5. The number of alkyl halides is 6. The van der Waals surface area contributed by atoms with Gasteiger partial charge in [0.2, 0.25) is 5.91 Å². The van der Waals surface area contributed by atoms with Crippen molar-refractivity contribution in [2.45, 2.75) is 122 Å². The molecule has 3 N–H and O–H groups in total. The minimum absolute atomic E-state index is 0.0148. The van der Waals surface area contributed by atoms with Gasteiger partial charge in [0.1, 0.15) is 38.2 Å². The molecule has 0 saturated carbocycles. The third-order valence-corrected chi connectivity index (χ3v) is 18.5. The Hall–Kier alpha value is -8.76. The van der Waals surface area contributed by atoms with Gasteiger partial charge in [-0.05, 0) is 120 Å². The van der Waals surface area contributed by atoms with E-state index in [1.807, 2.05) is 12.4 Å². The lowest BCUT2D eigenvalue weighted by atomic mass is 9.94. The number of ether oxygens (including phenoxy) is 2. The first kappa shape index (κ1) is 67.1. The van der Waals surface area contributed by atoms with Gasteiger partial charge in [-0.3, -0.25) is 24.8 Å². The van der Waals surface area contributed by atoms with Crippen molar-refractivity contribution < 1.29 is 50.5 Å². The van der Waals surface area contributed by atoms with Crippen LogP contribution >= 0.6 is 0 Å². The van der Waals surface area contributed by atoms with Gasteiger partial charge in [-0.15, -0.1) is 0 Å². The van der Waals surface area contributed by atoms with Crippen LogP contribution in [0.4, 0.5) is 49.4 Å². The number of aliphatic carboxylic acids is 1. The molecule has 0 bridgehead atoms. The van der Waals surface area contributed by atoms with E-state index < -0.39 is 49.3 Å². The smallest absolute Gasteiger partial charge is 0.328 e. The number of H-pyrrole nitrogens is 2. The molecule has 93 heavy (non-hydrogen) atoms. The molecular weight excluding hydrogens is 1210 g/mol. The molecule has 1 amide bonds. The number of aromatic amines is 2. The van der Waals surface area contributed by atoms with Crippen LogP contribution in [0.2, 0.25) is 0 Å². The highest BCUT2D eigenvalue weighted by Crippen LogP contribution is 2.41. The molecule has 0 aliphatic carbocycles. The Kier molecular flexibility index (Phi) is 21.0. The number of rotatable bonds is 16. The molecule has 2 aromatic carbocycles. The molecule has 10 heterocycles. The number of halogens is 6. The zero-order chi connectivity index (χ0) is 66.3. The number of carboxylic acids is 1. The Bertz CT molecular complexity index is 3830. The summed E-state index contributed by atoms with van der Waals surface area (Å²) in [6.45, 7) is 11.8. The Balaban J connectivity index is 0.000000186. The Morgan fingerprint density at radius 1 is 0.667 bits per heavy atom. The number of nitrogens with one attached hydrogen (secondary N) is 2. The van der Waals surface area contributed by atoms with Gasteiger partial charge in [0, 0.05) is 111 Å². The molecule has 0 radical (unpaired) electrons. The van der Waals surface area contributed by atoms with E-state index in [-0.39, 0.29) is 63.5 Å². The maximum atomic E-state index is 14.1. The van der Waals surface area contributed by atoms with E-state index in [1.54, 1.807) is 28.8 Å². The van der Waals surface area contributed by atoms with E-state index in [9.17, 15) is 46.5 Å². The number of hydrogen-bond acceptors (Lipinski definition) is 18. The predicted molar refractivity (Wildman–Crippen MR) is 339 cm³/mol. The number of nitriles is 2. The average Bonchev–Trinajstić information content (AvgIpc) is 1.62. The van der Waals surface area contributed by atoms with E-state index in [0.717, 1.165) is 124 Å². The first-order valence-electron chi connectivity index (χ1n) is 31.4. The summed E-state index contributed by atoms with van der Waals surface area (Å²) in [5.74, 6) is -5.11. The van der Waals surface area contributed by atoms with Gasteiger partial charge in [0.15, 0.2) is 0 Å². The number of anilines is 4. The lowest BCUT2D eigenvalue weighted by Gasteiger charge is -2.42. The molecule has 0 spiro atoms. The number of likely N-dealkylation sites (N-methyl/N-ethyl adjacent to an activating group) is 2. The van der Waals surface area contributed by atoms with Crippen molar-refractivity contribution in [3.05, 3.63) is 93.6 Å². The molecule has 6 aromatic rings. The van der Waals surface area contributed by atoms with Crippen molar-refractivity contribution in [3.8, 4) is 24.2 Å². The number of likely N-dealkylation sites (tertiary alicyclic amines) is 2. The lowest BCUT2D eigenvalue weighted by Crippen LogP contribution is -2.55. The summed E-state index contributed by atoms with van der Waals surface area (Å²) in [4.78, 5) is 55.5. The molecule has 4 atom stereocenters. The molecule has 22 nitrogen and oxygen atoms in total. The van der Waals surface area contributed by atoms with Crippen LogP contribution in [-0.2, 0) is 35.5 Å². The number of piperazine rings is 1. The summed E-state index contributed by atoms with van der Waals surface area (Å²) in [6, 6.07) is 7.76. The largest absolute Gasteiger partial charge is 0.478 e. The van der Waals surface area contributed by atoms with Crippen LogP contribution in [0, 0.1) is 56.3 Å². The summed E-state index contributed by atoms with van der Waals surface area (Å²) >= 11 is 0. The van der Waals surface area contributed by atoms with E-state index in [4.69, 9.17) is 34.5 Å². The van der Waals surface area contributed by atoms with Crippen LogP contribution in [0.25, 0.3) is 21.8 Å². The Labute approximate surface area is 535 Å². The topological polar surface area (TPSA) is 252 Å². The van der Waals surface area contributed by atoms with Gasteiger partial charge in [0.05, 0.1) is 97.0 Å². The first-order valence-corrected chi connectivity index (χ1v) is 31.4.